The Morgan fingerprint density at radius 2 is 1.84 bits per heavy atom. The molecular formula is C15H29NO3. The van der Waals surface area contributed by atoms with Crippen LogP contribution in [0.15, 0.2) is 0 Å². The fourth-order valence-corrected chi connectivity index (χ4v) is 2.19. The molecule has 0 saturated heterocycles. The lowest BCUT2D eigenvalue weighted by molar-refractivity contribution is -0.139. The number of unbranched alkanes of at least 4 members (excludes halogenated alkanes) is 1. The maximum absolute atomic E-state index is 12.3. The van der Waals surface area contributed by atoms with E-state index in [1.807, 2.05) is 13.8 Å². The Balaban J connectivity index is 4.40. The summed E-state index contributed by atoms with van der Waals surface area (Å²) < 4.78 is 0. The second-order valence-corrected chi connectivity index (χ2v) is 5.45. The van der Waals surface area contributed by atoms with Gasteiger partial charge >= 0.3 is 5.97 Å². The normalized spacial score (nSPS) is 12.5. The number of hydrogen-bond acceptors (Lipinski definition) is 2. The van der Waals surface area contributed by atoms with Crippen LogP contribution in [0.25, 0.3) is 0 Å². The average molecular weight is 271 g/mol. The molecule has 19 heavy (non-hydrogen) atoms. The number of hydrogen-bond donors (Lipinski definition) is 1. The van der Waals surface area contributed by atoms with Crippen molar-refractivity contribution < 1.29 is 14.7 Å². The maximum Gasteiger partial charge on any atom is 0.305 e. The Bertz CT molecular complexity index is 277. The predicted molar refractivity (Wildman–Crippen MR) is 77.0 cm³/mol. The van der Waals surface area contributed by atoms with Gasteiger partial charge in [0.1, 0.15) is 0 Å². The van der Waals surface area contributed by atoms with Crippen molar-refractivity contribution in [1.82, 2.24) is 4.90 Å². The number of rotatable bonds is 10. The number of carboxylic acid groups (broad SMARTS) is 1. The molecule has 0 aromatic carbocycles. The zero-order valence-electron chi connectivity index (χ0n) is 12.8. The molecule has 0 rings (SSSR count). The first-order valence-corrected chi connectivity index (χ1v) is 7.43. The first-order chi connectivity index (χ1) is 8.92. The van der Waals surface area contributed by atoms with Crippen LogP contribution in [0.1, 0.15) is 66.2 Å². The van der Waals surface area contributed by atoms with Gasteiger partial charge in [-0.2, -0.15) is 0 Å². The lowest BCUT2D eigenvalue weighted by Crippen LogP contribution is -2.39. The Kier molecular flexibility index (Phi) is 9.27. The molecule has 4 nitrogen and oxygen atoms in total. The molecule has 0 spiro atoms. The largest absolute Gasteiger partial charge is 0.481 e. The van der Waals surface area contributed by atoms with Crippen molar-refractivity contribution in [2.24, 2.45) is 5.92 Å². The van der Waals surface area contributed by atoms with E-state index in [-0.39, 0.29) is 18.4 Å². The highest BCUT2D eigenvalue weighted by Gasteiger charge is 2.20. The first-order valence-electron chi connectivity index (χ1n) is 7.43. The zero-order chi connectivity index (χ0) is 14.8. The molecule has 0 aliphatic rings. The second kappa shape index (κ2) is 9.82. The van der Waals surface area contributed by atoms with Crippen molar-refractivity contribution in [2.45, 2.75) is 72.3 Å². The Morgan fingerprint density at radius 1 is 1.21 bits per heavy atom. The third-order valence-electron chi connectivity index (χ3n) is 3.52. The summed E-state index contributed by atoms with van der Waals surface area (Å²) in [6.07, 6.45) is 4.98. The van der Waals surface area contributed by atoms with E-state index in [1.54, 1.807) is 4.90 Å². The second-order valence-electron chi connectivity index (χ2n) is 5.45. The standard InChI is InChI=1S/C15H29NO3/c1-5-7-8-13(6-2)11-14(17)16(12(3)4)10-9-15(18)19/h12-13H,5-11H2,1-4H3,(H,18,19). The quantitative estimate of drug-likeness (QED) is 0.663. The van der Waals surface area contributed by atoms with E-state index in [9.17, 15) is 9.59 Å². The molecule has 0 aromatic rings. The molecule has 0 bridgehead atoms. The predicted octanol–water partition coefficient (Wildman–Crippen LogP) is 3.30. The molecule has 112 valence electrons. The zero-order valence-corrected chi connectivity index (χ0v) is 12.8. The van der Waals surface area contributed by atoms with Crippen molar-refractivity contribution in [1.29, 1.82) is 0 Å². The smallest absolute Gasteiger partial charge is 0.305 e. The molecule has 0 radical (unpaired) electrons. The van der Waals surface area contributed by atoms with Crippen molar-refractivity contribution in [3.05, 3.63) is 0 Å². The van der Waals surface area contributed by atoms with Crippen molar-refractivity contribution >= 4 is 11.9 Å². The number of carbonyl (C=O) groups excluding carboxylic acids is 1. The first kappa shape index (κ1) is 17.9. The van der Waals surface area contributed by atoms with Crippen molar-refractivity contribution in [2.75, 3.05) is 6.54 Å². The van der Waals surface area contributed by atoms with Crippen LogP contribution in [0.2, 0.25) is 0 Å². The summed E-state index contributed by atoms with van der Waals surface area (Å²) in [6, 6.07) is 0.0653. The molecule has 4 heteroatoms. The highest BCUT2D eigenvalue weighted by molar-refractivity contribution is 5.77. The van der Waals surface area contributed by atoms with Gasteiger partial charge in [-0.3, -0.25) is 9.59 Å². The van der Waals surface area contributed by atoms with Crippen molar-refractivity contribution in [3.8, 4) is 0 Å². The van der Waals surface area contributed by atoms with Crippen LogP contribution < -0.4 is 0 Å². The average Bonchev–Trinajstić information content (AvgIpc) is 2.33. The Hall–Kier alpha value is -1.06. The van der Waals surface area contributed by atoms with E-state index in [1.165, 1.54) is 0 Å². The van der Waals surface area contributed by atoms with Gasteiger partial charge in [0, 0.05) is 19.0 Å². The molecule has 0 saturated carbocycles. The van der Waals surface area contributed by atoms with Gasteiger partial charge in [-0.15, -0.1) is 0 Å². The summed E-state index contributed by atoms with van der Waals surface area (Å²) in [5.41, 5.74) is 0. The SMILES string of the molecule is CCCCC(CC)CC(=O)N(CCC(=O)O)C(C)C. The van der Waals surface area contributed by atoms with Crippen molar-refractivity contribution in [3.63, 3.8) is 0 Å². The lowest BCUT2D eigenvalue weighted by atomic mass is 9.95. The van der Waals surface area contributed by atoms with Gasteiger partial charge in [-0.1, -0.05) is 33.1 Å². The monoisotopic (exact) mass is 271 g/mol. The van der Waals surface area contributed by atoms with Gasteiger partial charge in [0.2, 0.25) is 5.91 Å². The Labute approximate surface area is 117 Å². The molecule has 1 N–H and O–H groups in total. The summed E-state index contributed by atoms with van der Waals surface area (Å²) in [6.45, 7) is 8.46. The van der Waals surface area contributed by atoms with E-state index in [0.717, 1.165) is 25.7 Å². The highest BCUT2D eigenvalue weighted by atomic mass is 16.4. The maximum atomic E-state index is 12.3. The van der Waals surface area contributed by atoms with Gasteiger partial charge < -0.3 is 10.0 Å². The number of nitrogens with zero attached hydrogens (tertiary/aromatic N) is 1. The number of carbonyl (C=O) groups is 2. The minimum atomic E-state index is -0.850. The van der Waals surface area contributed by atoms with Crippen LogP contribution in [-0.2, 0) is 9.59 Å². The van der Waals surface area contributed by atoms with E-state index >= 15 is 0 Å². The lowest BCUT2D eigenvalue weighted by Gasteiger charge is -2.28. The summed E-state index contributed by atoms with van der Waals surface area (Å²) in [7, 11) is 0. The molecule has 1 atom stereocenters. The molecule has 1 amide bonds. The van der Waals surface area contributed by atoms with Crippen LogP contribution in [-0.4, -0.2) is 34.5 Å². The van der Waals surface area contributed by atoms with E-state index in [4.69, 9.17) is 5.11 Å². The molecule has 0 heterocycles. The number of amides is 1. The third-order valence-corrected chi connectivity index (χ3v) is 3.52. The number of carboxylic acids is 1. The molecule has 0 aromatic heterocycles. The van der Waals surface area contributed by atoms with E-state index in [0.29, 0.717) is 18.9 Å². The minimum Gasteiger partial charge on any atom is -0.481 e. The Morgan fingerprint density at radius 3 is 2.26 bits per heavy atom. The summed E-state index contributed by atoms with van der Waals surface area (Å²) in [5, 5.41) is 8.73. The van der Waals surface area contributed by atoms with Gasteiger partial charge in [-0.05, 0) is 26.2 Å². The fourth-order valence-electron chi connectivity index (χ4n) is 2.19. The fraction of sp³-hybridized carbons (Fsp3) is 0.867. The molecule has 0 fully saturated rings. The highest BCUT2D eigenvalue weighted by Crippen LogP contribution is 2.18. The summed E-state index contributed by atoms with van der Waals surface area (Å²) in [4.78, 5) is 24.6. The summed E-state index contributed by atoms with van der Waals surface area (Å²) >= 11 is 0. The molecule has 0 aliphatic carbocycles. The molecule has 0 aliphatic heterocycles. The summed E-state index contributed by atoms with van der Waals surface area (Å²) in [5.74, 6) is -0.325. The van der Waals surface area contributed by atoms with Gasteiger partial charge in [0.05, 0.1) is 6.42 Å². The van der Waals surface area contributed by atoms with Crippen LogP contribution in [0, 0.1) is 5.92 Å². The number of aliphatic carboxylic acids is 1. The van der Waals surface area contributed by atoms with Gasteiger partial charge in [0.25, 0.3) is 0 Å². The van der Waals surface area contributed by atoms with Gasteiger partial charge in [-0.25, -0.2) is 0 Å². The topological polar surface area (TPSA) is 57.6 Å². The van der Waals surface area contributed by atoms with Crippen LogP contribution >= 0.6 is 0 Å². The minimum absolute atomic E-state index is 0.0235. The molecular weight excluding hydrogens is 242 g/mol. The third kappa shape index (κ3) is 7.85. The molecule has 1 unspecified atom stereocenters. The van der Waals surface area contributed by atoms with Crippen LogP contribution in [0.5, 0.6) is 0 Å². The van der Waals surface area contributed by atoms with Crippen LogP contribution in [0.3, 0.4) is 0 Å². The van der Waals surface area contributed by atoms with Gasteiger partial charge in [0.15, 0.2) is 0 Å². The van der Waals surface area contributed by atoms with E-state index < -0.39 is 5.97 Å². The van der Waals surface area contributed by atoms with E-state index in [2.05, 4.69) is 13.8 Å². The van der Waals surface area contributed by atoms with Crippen LogP contribution in [0.4, 0.5) is 0 Å².